The molecular weight excluding hydrogens is 628 g/mol. The summed E-state index contributed by atoms with van der Waals surface area (Å²) in [6.45, 7) is -0.386. The van der Waals surface area contributed by atoms with Crippen LogP contribution in [0.5, 0.6) is 51.7 Å². The second-order valence-corrected chi connectivity index (χ2v) is 10.9. The van der Waals surface area contributed by atoms with Crippen LogP contribution in [0.3, 0.4) is 0 Å². The normalized spacial score (nSPS) is 19.7. The lowest BCUT2D eigenvalue weighted by molar-refractivity contribution is -0.128. The van der Waals surface area contributed by atoms with Crippen molar-refractivity contribution in [3.63, 3.8) is 0 Å². The van der Waals surface area contributed by atoms with Crippen LogP contribution in [-0.2, 0) is 4.79 Å². The molecule has 2 aliphatic heterocycles. The molecule has 0 amide bonds. The van der Waals surface area contributed by atoms with Crippen LogP contribution in [-0.4, -0.2) is 70.3 Å². The minimum absolute atomic E-state index is 0.0642. The molecular formula is C35H30O13. The number of ketones is 1. The van der Waals surface area contributed by atoms with Crippen LogP contribution >= 0.6 is 0 Å². The van der Waals surface area contributed by atoms with Gasteiger partial charge in [-0.2, -0.15) is 0 Å². The molecule has 2 aliphatic rings. The Bertz CT molecular complexity index is 1920. The Morgan fingerprint density at radius 2 is 1.44 bits per heavy atom. The molecule has 13 heteroatoms. The summed E-state index contributed by atoms with van der Waals surface area (Å²) in [5.41, 5.74) is 1.13. The number of esters is 1. The van der Waals surface area contributed by atoms with E-state index in [1.807, 2.05) is 0 Å². The number of rotatable bonds is 8. The van der Waals surface area contributed by atoms with Gasteiger partial charge in [-0.15, -0.1) is 0 Å². The van der Waals surface area contributed by atoms with E-state index in [-0.39, 0.29) is 52.4 Å². The standard InChI is InChI=1S/C35H30O13/c1-43-25-11-17(3-7-21(25)37)4-10-30(40)45-20-14-23(39)31-28(15-20)48-35(33(42)32(31)41)19-6-9-24-27(13-19)47-34(29(16-36)46-24)18-5-8-22(38)26(12-18)44-2/h3-15,29,33-39,42H,16H2,1-2H3/b10-4+/t29?,33-,34?,35+/m0/s1. The minimum Gasteiger partial charge on any atom is -0.507 e. The van der Waals surface area contributed by atoms with E-state index in [2.05, 4.69) is 0 Å². The molecule has 6 rings (SSSR count). The van der Waals surface area contributed by atoms with Crippen LogP contribution in [0.15, 0.2) is 72.8 Å². The second kappa shape index (κ2) is 13.1. The predicted octanol–water partition coefficient (Wildman–Crippen LogP) is 3.99. The number of Topliss-reactive ketones (excluding diaryl/α,β-unsaturated/α-hetero) is 1. The number of carbonyl (C=O) groups is 2. The van der Waals surface area contributed by atoms with Crippen LogP contribution in [0.25, 0.3) is 6.08 Å². The van der Waals surface area contributed by atoms with Crippen molar-refractivity contribution in [3.05, 3.63) is 95.1 Å². The van der Waals surface area contributed by atoms with Crippen molar-refractivity contribution < 1.29 is 63.5 Å². The van der Waals surface area contributed by atoms with Crippen molar-refractivity contribution in [2.24, 2.45) is 0 Å². The molecule has 0 bridgehead atoms. The van der Waals surface area contributed by atoms with Gasteiger partial charge in [0.05, 0.1) is 20.8 Å². The number of hydrogen-bond acceptors (Lipinski definition) is 13. The van der Waals surface area contributed by atoms with E-state index in [9.17, 15) is 35.1 Å². The average molecular weight is 659 g/mol. The largest absolute Gasteiger partial charge is 0.507 e. The second-order valence-electron chi connectivity index (χ2n) is 10.9. The number of benzene rings is 4. The highest BCUT2D eigenvalue weighted by atomic mass is 16.6. The summed E-state index contributed by atoms with van der Waals surface area (Å²) in [4.78, 5) is 25.8. The summed E-state index contributed by atoms with van der Waals surface area (Å²) >= 11 is 0. The fraction of sp³-hybridized carbons (Fsp3) is 0.200. The number of phenols is 3. The Kier molecular flexibility index (Phi) is 8.72. The average Bonchev–Trinajstić information content (AvgIpc) is 3.08. The lowest BCUT2D eigenvalue weighted by atomic mass is 9.92. The molecule has 2 heterocycles. The maximum absolute atomic E-state index is 13.2. The molecule has 0 saturated carbocycles. The molecule has 13 nitrogen and oxygen atoms in total. The van der Waals surface area contributed by atoms with Crippen LogP contribution in [0.1, 0.15) is 39.3 Å². The number of fused-ring (bicyclic) bond motifs is 2. The van der Waals surface area contributed by atoms with Gasteiger partial charge in [-0.1, -0.05) is 18.2 Å². The van der Waals surface area contributed by atoms with Crippen molar-refractivity contribution in [1.82, 2.24) is 0 Å². The molecule has 248 valence electrons. The lowest BCUT2D eigenvalue weighted by Crippen LogP contribution is -2.37. The molecule has 0 fully saturated rings. The fourth-order valence-corrected chi connectivity index (χ4v) is 5.44. The van der Waals surface area contributed by atoms with E-state index in [0.29, 0.717) is 22.4 Å². The lowest BCUT2D eigenvalue weighted by Gasteiger charge is -2.35. The zero-order valence-corrected chi connectivity index (χ0v) is 25.5. The summed E-state index contributed by atoms with van der Waals surface area (Å²) in [6, 6.07) is 16.0. The van der Waals surface area contributed by atoms with Gasteiger partial charge in [0.2, 0.25) is 5.78 Å². The molecule has 4 atom stereocenters. The summed E-state index contributed by atoms with van der Waals surface area (Å²) < 4.78 is 33.8. The maximum Gasteiger partial charge on any atom is 0.336 e. The van der Waals surface area contributed by atoms with Crippen molar-refractivity contribution in [1.29, 1.82) is 0 Å². The number of aromatic hydroxyl groups is 3. The van der Waals surface area contributed by atoms with E-state index in [1.165, 1.54) is 50.6 Å². The van der Waals surface area contributed by atoms with Gasteiger partial charge in [0, 0.05) is 23.8 Å². The Morgan fingerprint density at radius 1 is 0.771 bits per heavy atom. The Balaban J connectivity index is 1.24. The monoisotopic (exact) mass is 658 g/mol. The zero-order chi connectivity index (χ0) is 34.1. The molecule has 2 unspecified atom stereocenters. The Hall–Kier alpha value is -5.92. The maximum atomic E-state index is 13.2. The fourth-order valence-electron chi connectivity index (χ4n) is 5.44. The van der Waals surface area contributed by atoms with Gasteiger partial charge in [0.15, 0.2) is 58.9 Å². The molecule has 0 aliphatic carbocycles. The van der Waals surface area contributed by atoms with Crippen molar-refractivity contribution >= 4 is 17.8 Å². The molecule has 4 aromatic rings. The molecule has 0 spiro atoms. The van der Waals surface area contributed by atoms with Crippen molar-refractivity contribution in [2.45, 2.75) is 24.4 Å². The molecule has 4 aromatic carbocycles. The van der Waals surface area contributed by atoms with Gasteiger partial charge in [0.25, 0.3) is 0 Å². The van der Waals surface area contributed by atoms with E-state index < -0.39 is 41.9 Å². The molecule has 0 aromatic heterocycles. The third-order valence-electron chi connectivity index (χ3n) is 7.82. The third kappa shape index (κ3) is 6.11. The first-order chi connectivity index (χ1) is 23.1. The highest BCUT2D eigenvalue weighted by Gasteiger charge is 2.41. The van der Waals surface area contributed by atoms with Crippen LogP contribution < -0.4 is 28.4 Å². The van der Waals surface area contributed by atoms with E-state index >= 15 is 0 Å². The Labute approximate surface area is 273 Å². The summed E-state index contributed by atoms with van der Waals surface area (Å²) in [5.74, 6) is -1.65. The third-order valence-corrected chi connectivity index (χ3v) is 7.82. The van der Waals surface area contributed by atoms with Crippen molar-refractivity contribution in [3.8, 4) is 51.7 Å². The summed E-state index contributed by atoms with van der Waals surface area (Å²) in [6.07, 6.45) is -2.03. The molecule has 5 N–H and O–H groups in total. The number of aliphatic hydroxyl groups excluding tert-OH is 2. The van der Waals surface area contributed by atoms with Crippen LogP contribution in [0.2, 0.25) is 0 Å². The van der Waals surface area contributed by atoms with Gasteiger partial charge in [-0.3, -0.25) is 4.79 Å². The van der Waals surface area contributed by atoms with Gasteiger partial charge >= 0.3 is 5.97 Å². The van der Waals surface area contributed by atoms with Crippen LogP contribution in [0, 0.1) is 0 Å². The number of hydrogen-bond donors (Lipinski definition) is 5. The van der Waals surface area contributed by atoms with Gasteiger partial charge < -0.3 is 54.0 Å². The highest BCUT2D eigenvalue weighted by molar-refractivity contribution is 6.05. The smallest absolute Gasteiger partial charge is 0.336 e. The first-order valence-electron chi connectivity index (χ1n) is 14.6. The first-order valence-corrected chi connectivity index (χ1v) is 14.6. The molecule has 48 heavy (non-hydrogen) atoms. The summed E-state index contributed by atoms with van der Waals surface area (Å²) in [7, 11) is 2.79. The van der Waals surface area contributed by atoms with Crippen LogP contribution in [0.4, 0.5) is 0 Å². The quantitative estimate of drug-likeness (QED) is 0.104. The SMILES string of the molecule is COc1cc(/C=C/C(=O)Oc2cc(O)c3c(c2)O[C@H](c2ccc4c(c2)OC(c2ccc(O)c(OC)c2)C(CO)O4)[C@@H](O)C3=O)ccc1O. The molecule has 0 radical (unpaired) electrons. The number of ether oxygens (including phenoxy) is 6. The predicted molar refractivity (Wildman–Crippen MR) is 167 cm³/mol. The topological polar surface area (TPSA) is 191 Å². The summed E-state index contributed by atoms with van der Waals surface area (Å²) in [5, 5.41) is 51.4. The van der Waals surface area contributed by atoms with E-state index in [0.717, 1.165) is 12.1 Å². The number of phenolic OH excluding ortho intramolecular Hbond substituents is 3. The van der Waals surface area contributed by atoms with Gasteiger partial charge in [-0.05, 0) is 53.6 Å². The van der Waals surface area contributed by atoms with Gasteiger partial charge in [0.1, 0.15) is 22.8 Å². The zero-order valence-electron chi connectivity index (χ0n) is 25.5. The van der Waals surface area contributed by atoms with Gasteiger partial charge in [-0.25, -0.2) is 4.79 Å². The minimum atomic E-state index is -1.72. The van der Waals surface area contributed by atoms with E-state index in [1.54, 1.807) is 30.3 Å². The Morgan fingerprint density at radius 3 is 2.17 bits per heavy atom. The molecule has 0 saturated heterocycles. The van der Waals surface area contributed by atoms with Crippen molar-refractivity contribution in [2.75, 3.05) is 20.8 Å². The highest BCUT2D eigenvalue weighted by Crippen LogP contribution is 2.46. The number of methoxy groups -OCH3 is 2. The number of carbonyl (C=O) groups excluding carboxylic acids is 2. The number of aliphatic hydroxyl groups is 2. The van der Waals surface area contributed by atoms with E-state index in [4.69, 9.17) is 28.4 Å². The first kappa shape index (κ1) is 32.0.